The third-order valence-corrected chi connectivity index (χ3v) is 4.57. The quantitative estimate of drug-likeness (QED) is 0.856. The smallest absolute Gasteiger partial charge is 0.125 e. The average molecular weight is 311 g/mol. The molecule has 3 heteroatoms. The van der Waals surface area contributed by atoms with Crippen LogP contribution in [0.1, 0.15) is 41.1 Å². The Kier molecular flexibility index (Phi) is 4.69. The molecule has 0 radical (unpaired) electrons. The first kappa shape index (κ1) is 16.0. The van der Waals surface area contributed by atoms with Crippen molar-refractivity contribution in [2.75, 3.05) is 0 Å². The molecule has 0 aliphatic heterocycles. The van der Waals surface area contributed by atoms with E-state index in [1.807, 2.05) is 44.2 Å². The monoisotopic (exact) mass is 311 g/mol. The highest BCUT2D eigenvalue weighted by Crippen LogP contribution is 2.38. The fourth-order valence-electron chi connectivity index (χ4n) is 3.06. The molecule has 3 nitrogen and oxygen atoms in total. The minimum atomic E-state index is -0.440. The number of ether oxygens (including phenoxy) is 1. The lowest BCUT2D eigenvalue weighted by atomic mass is 9.95. The molecule has 2 aromatic carbocycles. The van der Waals surface area contributed by atoms with E-state index >= 15 is 0 Å². The predicted octanol–water partition coefficient (Wildman–Crippen LogP) is 3.65. The zero-order valence-corrected chi connectivity index (χ0v) is 13.8. The van der Waals surface area contributed by atoms with E-state index in [2.05, 4.69) is 12.1 Å². The first-order valence-electron chi connectivity index (χ1n) is 8.28. The minimum absolute atomic E-state index is 0.317. The Labute approximate surface area is 138 Å². The van der Waals surface area contributed by atoms with Crippen molar-refractivity contribution in [3.05, 3.63) is 64.7 Å². The minimum Gasteiger partial charge on any atom is -0.488 e. The zero-order valence-electron chi connectivity index (χ0n) is 13.8. The lowest BCUT2D eigenvalue weighted by Crippen LogP contribution is -2.28. The van der Waals surface area contributed by atoms with Crippen LogP contribution in [0, 0.1) is 19.8 Å². The molecule has 0 heterocycles. The first-order chi connectivity index (χ1) is 11.1. The van der Waals surface area contributed by atoms with Gasteiger partial charge in [0.25, 0.3) is 0 Å². The Hall–Kier alpha value is -1.84. The maximum absolute atomic E-state index is 10.3. The third kappa shape index (κ3) is 3.74. The largest absolute Gasteiger partial charge is 0.488 e. The molecular formula is C20H25NO2. The van der Waals surface area contributed by atoms with Crippen molar-refractivity contribution >= 4 is 0 Å². The van der Waals surface area contributed by atoms with Crippen molar-refractivity contribution in [3.63, 3.8) is 0 Å². The summed E-state index contributed by atoms with van der Waals surface area (Å²) in [6.45, 7) is 4.62. The normalized spacial score (nSPS) is 16.9. The molecule has 0 aromatic heterocycles. The number of aryl methyl sites for hydroxylation is 2. The summed E-state index contributed by atoms with van der Waals surface area (Å²) in [7, 11) is 0. The molecule has 1 aliphatic rings. The van der Waals surface area contributed by atoms with Crippen LogP contribution in [0.25, 0.3) is 0 Å². The van der Waals surface area contributed by atoms with Gasteiger partial charge in [-0.25, -0.2) is 0 Å². The van der Waals surface area contributed by atoms with Gasteiger partial charge in [0.05, 0.1) is 12.1 Å². The second kappa shape index (κ2) is 6.73. The summed E-state index contributed by atoms with van der Waals surface area (Å²) in [5, 5.41) is 10.3. The standard InChI is InChI=1S/C20H25NO2/c1-13-10-17(18(21)19(22)16-8-9-16)11-14(2)20(13)23-12-15-6-4-3-5-7-15/h3-7,10-11,16,18-19,22H,8-9,12,21H2,1-2H3/t18-,19+/m1/s1. The Morgan fingerprint density at radius 2 is 1.74 bits per heavy atom. The van der Waals surface area contributed by atoms with Crippen molar-refractivity contribution in [1.82, 2.24) is 0 Å². The number of rotatable bonds is 6. The van der Waals surface area contributed by atoms with Crippen LogP contribution in [0.15, 0.2) is 42.5 Å². The third-order valence-electron chi connectivity index (χ3n) is 4.57. The number of benzene rings is 2. The summed E-state index contributed by atoms with van der Waals surface area (Å²) in [6.07, 6.45) is 1.74. The van der Waals surface area contributed by atoms with Gasteiger partial charge in [0.1, 0.15) is 12.4 Å². The predicted molar refractivity (Wildman–Crippen MR) is 92.3 cm³/mol. The fourth-order valence-corrected chi connectivity index (χ4v) is 3.06. The molecule has 2 atom stereocenters. The maximum Gasteiger partial charge on any atom is 0.125 e. The van der Waals surface area contributed by atoms with E-state index in [9.17, 15) is 5.11 Å². The summed E-state index contributed by atoms with van der Waals surface area (Å²) in [5.74, 6) is 1.28. The fraction of sp³-hybridized carbons (Fsp3) is 0.400. The van der Waals surface area contributed by atoms with Gasteiger partial charge >= 0.3 is 0 Å². The maximum atomic E-state index is 10.3. The van der Waals surface area contributed by atoms with E-state index in [-0.39, 0.29) is 6.04 Å². The second-order valence-corrected chi connectivity index (χ2v) is 6.61. The second-order valence-electron chi connectivity index (χ2n) is 6.61. The summed E-state index contributed by atoms with van der Waals surface area (Å²) in [6, 6.07) is 13.9. The van der Waals surface area contributed by atoms with Crippen LogP contribution in [-0.4, -0.2) is 11.2 Å². The van der Waals surface area contributed by atoms with Crippen LogP contribution in [0.4, 0.5) is 0 Å². The van der Waals surface area contributed by atoms with Crippen molar-refractivity contribution in [1.29, 1.82) is 0 Å². The molecule has 1 saturated carbocycles. The molecule has 3 rings (SSSR count). The van der Waals surface area contributed by atoms with Crippen LogP contribution in [0.3, 0.4) is 0 Å². The Balaban J connectivity index is 1.74. The van der Waals surface area contributed by atoms with Gasteiger partial charge in [0.2, 0.25) is 0 Å². The molecule has 0 amide bonds. The van der Waals surface area contributed by atoms with Gasteiger partial charge in [0.15, 0.2) is 0 Å². The van der Waals surface area contributed by atoms with E-state index in [1.165, 1.54) is 0 Å². The van der Waals surface area contributed by atoms with Crippen LogP contribution in [0.2, 0.25) is 0 Å². The Bertz CT molecular complexity index is 642. The van der Waals surface area contributed by atoms with Crippen molar-refractivity contribution in [2.45, 2.75) is 45.4 Å². The summed E-state index contributed by atoms with van der Waals surface area (Å²) in [5.41, 5.74) is 10.5. The highest BCUT2D eigenvalue weighted by Gasteiger charge is 2.34. The van der Waals surface area contributed by atoms with E-state index < -0.39 is 6.10 Å². The number of aliphatic hydroxyl groups excluding tert-OH is 1. The van der Waals surface area contributed by atoms with E-state index in [0.29, 0.717) is 12.5 Å². The Morgan fingerprint density at radius 3 is 2.30 bits per heavy atom. The van der Waals surface area contributed by atoms with Crippen LogP contribution in [-0.2, 0) is 6.61 Å². The van der Waals surface area contributed by atoms with Crippen molar-refractivity contribution < 1.29 is 9.84 Å². The number of nitrogens with two attached hydrogens (primary N) is 1. The molecule has 1 aliphatic carbocycles. The molecule has 1 fully saturated rings. The van der Waals surface area contributed by atoms with Crippen molar-refractivity contribution in [3.8, 4) is 5.75 Å². The van der Waals surface area contributed by atoms with Gasteiger partial charge in [-0.2, -0.15) is 0 Å². The summed E-state index contributed by atoms with van der Waals surface area (Å²) < 4.78 is 6.01. The lowest BCUT2D eigenvalue weighted by Gasteiger charge is -2.21. The Morgan fingerprint density at radius 1 is 1.13 bits per heavy atom. The summed E-state index contributed by atoms with van der Waals surface area (Å²) in [4.78, 5) is 0. The number of hydrogen-bond acceptors (Lipinski definition) is 3. The van der Waals surface area contributed by atoms with Crippen molar-refractivity contribution in [2.24, 2.45) is 11.7 Å². The van der Waals surface area contributed by atoms with Gasteiger partial charge in [0, 0.05) is 0 Å². The highest BCUT2D eigenvalue weighted by atomic mass is 16.5. The molecule has 2 aromatic rings. The first-order valence-corrected chi connectivity index (χ1v) is 8.28. The van der Waals surface area contributed by atoms with Crippen LogP contribution < -0.4 is 10.5 Å². The average Bonchev–Trinajstić information content (AvgIpc) is 3.38. The van der Waals surface area contributed by atoms with Gasteiger partial charge < -0.3 is 15.6 Å². The van der Waals surface area contributed by atoms with Gasteiger partial charge in [-0.05, 0) is 54.9 Å². The molecule has 0 bridgehead atoms. The molecule has 23 heavy (non-hydrogen) atoms. The molecule has 122 valence electrons. The molecule has 0 spiro atoms. The molecular weight excluding hydrogens is 286 g/mol. The van der Waals surface area contributed by atoms with Gasteiger partial charge in [-0.3, -0.25) is 0 Å². The SMILES string of the molecule is Cc1cc([C@@H](N)[C@@H](O)C2CC2)cc(C)c1OCc1ccccc1. The molecule has 0 unspecified atom stereocenters. The van der Waals surface area contributed by atoms with Crippen LogP contribution >= 0.6 is 0 Å². The molecule has 3 N–H and O–H groups in total. The molecule has 0 saturated heterocycles. The van der Waals surface area contributed by atoms with E-state index in [1.54, 1.807) is 0 Å². The van der Waals surface area contributed by atoms with E-state index in [0.717, 1.165) is 40.8 Å². The van der Waals surface area contributed by atoms with Gasteiger partial charge in [-0.1, -0.05) is 42.5 Å². The van der Waals surface area contributed by atoms with Crippen LogP contribution in [0.5, 0.6) is 5.75 Å². The number of hydrogen-bond donors (Lipinski definition) is 2. The lowest BCUT2D eigenvalue weighted by molar-refractivity contribution is 0.122. The summed E-state index contributed by atoms with van der Waals surface area (Å²) >= 11 is 0. The topological polar surface area (TPSA) is 55.5 Å². The number of aliphatic hydroxyl groups is 1. The zero-order chi connectivity index (χ0) is 16.4. The van der Waals surface area contributed by atoms with E-state index in [4.69, 9.17) is 10.5 Å². The highest BCUT2D eigenvalue weighted by molar-refractivity contribution is 5.44. The van der Waals surface area contributed by atoms with Gasteiger partial charge in [-0.15, -0.1) is 0 Å².